The minimum Gasteiger partial charge on any atom is -0.478 e. The molecule has 1 aliphatic heterocycles. The summed E-state index contributed by atoms with van der Waals surface area (Å²) in [4.78, 5) is 24.0. The first kappa shape index (κ1) is 19.3. The summed E-state index contributed by atoms with van der Waals surface area (Å²) in [6.45, 7) is 2.80. The number of carboxylic acids is 2. The maximum atomic E-state index is 10.1. The number of nitrogens with zero attached hydrogens (tertiary/aromatic N) is 1. The number of thiophene rings is 2. The van der Waals surface area contributed by atoms with Gasteiger partial charge in [-0.3, -0.25) is 4.90 Å². The highest BCUT2D eigenvalue weighted by Crippen LogP contribution is 2.26. The molecule has 2 aromatic heterocycles. The SMILES string of the molecule is O=C(O)/C=C/C(=O)O.OC(CN1CCc2sccc2C1)c1cccs1. The molecule has 3 N–H and O–H groups in total. The summed E-state index contributed by atoms with van der Waals surface area (Å²) in [5.74, 6) is -2.51. The van der Waals surface area contributed by atoms with Crippen molar-refractivity contribution in [1.82, 2.24) is 4.90 Å². The Morgan fingerprint density at radius 3 is 2.48 bits per heavy atom. The minimum atomic E-state index is -1.26. The van der Waals surface area contributed by atoms with E-state index in [1.165, 1.54) is 10.4 Å². The molecule has 1 unspecified atom stereocenters. The molecule has 0 spiro atoms. The van der Waals surface area contributed by atoms with Crippen LogP contribution in [0.2, 0.25) is 0 Å². The summed E-state index contributed by atoms with van der Waals surface area (Å²) < 4.78 is 0. The monoisotopic (exact) mass is 381 g/mol. The predicted octanol–water partition coefficient (Wildman–Crippen LogP) is 2.61. The Kier molecular flexibility index (Phi) is 7.32. The summed E-state index contributed by atoms with van der Waals surface area (Å²) in [5, 5.41) is 29.9. The van der Waals surface area contributed by atoms with E-state index in [9.17, 15) is 14.7 Å². The zero-order valence-electron chi connectivity index (χ0n) is 13.4. The fourth-order valence-corrected chi connectivity index (χ4v) is 4.01. The maximum absolute atomic E-state index is 10.1. The Bertz CT molecular complexity index is 707. The zero-order chi connectivity index (χ0) is 18.2. The minimum absolute atomic E-state index is 0.338. The van der Waals surface area contributed by atoms with Gasteiger partial charge in [-0.15, -0.1) is 22.7 Å². The number of aliphatic hydroxyl groups excluding tert-OH is 1. The zero-order valence-corrected chi connectivity index (χ0v) is 15.0. The molecular weight excluding hydrogens is 362 g/mol. The number of hydrogen-bond acceptors (Lipinski definition) is 6. The molecule has 6 nitrogen and oxygen atoms in total. The second-order valence-corrected chi connectivity index (χ2v) is 7.38. The van der Waals surface area contributed by atoms with Gasteiger partial charge >= 0.3 is 11.9 Å². The van der Waals surface area contributed by atoms with E-state index in [-0.39, 0.29) is 6.10 Å². The lowest BCUT2D eigenvalue weighted by molar-refractivity contribution is -0.134. The smallest absolute Gasteiger partial charge is 0.328 e. The number of aliphatic carboxylic acids is 2. The molecule has 8 heteroatoms. The van der Waals surface area contributed by atoms with Crippen molar-refractivity contribution < 1.29 is 24.9 Å². The molecule has 0 fully saturated rings. The van der Waals surface area contributed by atoms with Gasteiger partial charge in [-0.05, 0) is 34.9 Å². The Hall–Kier alpha value is -2.00. The van der Waals surface area contributed by atoms with Crippen LogP contribution in [0.15, 0.2) is 41.1 Å². The lowest BCUT2D eigenvalue weighted by Gasteiger charge is -2.28. The van der Waals surface area contributed by atoms with Crippen LogP contribution in [0.25, 0.3) is 0 Å². The van der Waals surface area contributed by atoms with E-state index in [2.05, 4.69) is 16.3 Å². The Balaban J connectivity index is 0.000000242. The lowest BCUT2D eigenvalue weighted by atomic mass is 10.1. The van der Waals surface area contributed by atoms with Crippen LogP contribution in [0, 0.1) is 0 Å². The summed E-state index contributed by atoms with van der Waals surface area (Å²) in [6.07, 6.45) is 1.91. The normalized spacial score (nSPS) is 15.2. The van der Waals surface area contributed by atoms with E-state index in [0.717, 1.165) is 30.9 Å². The molecule has 3 rings (SSSR count). The van der Waals surface area contributed by atoms with Gasteiger partial charge in [0.2, 0.25) is 0 Å². The highest BCUT2D eigenvalue weighted by atomic mass is 32.1. The first-order valence-electron chi connectivity index (χ1n) is 7.58. The molecule has 0 amide bonds. The lowest BCUT2D eigenvalue weighted by Crippen LogP contribution is -2.33. The van der Waals surface area contributed by atoms with E-state index >= 15 is 0 Å². The highest BCUT2D eigenvalue weighted by molar-refractivity contribution is 7.10. The fraction of sp³-hybridized carbons (Fsp3) is 0.294. The standard InChI is InChI=1S/C13H15NOS2.C4H4O4/c15-11(13-2-1-6-16-13)9-14-5-3-12-10(8-14)4-7-17-12;5-3(6)1-2-4(7)8/h1-2,4,6-7,11,15H,3,5,8-9H2;1-2H,(H,5,6)(H,7,8)/b;2-1+. The van der Waals surface area contributed by atoms with Crippen LogP contribution in [0.4, 0.5) is 0 Å². The molecule has 0 saturated heterocycles. The van der Waals surface area contributed by atoms with Crippen molar-refractivity contribution in [3.05, 3.63) is 56.4 Å². The number of aliphatic hydroxyl groups is 1. The Morgan fingerprint density at radius 2 is 1.88 bits per heavy atom. The molecule has 0 saturated carbocycles. The highest BCUT2D eigenvalue weighted by Gasteiger charge is 2.20. The van der Waals surface area contributed by atoms with Crippen molar-refractivity contribution >= 4 is 34.6 Å². The van der Waals surface area contributed by atoms with Crippen molar-refractivity contribution in [3.8, 4) is 0 Å². The first-order valence-corrected chi connectivity index (χ1v) is 9.34. The number of rotatable bonds is 5. The van der Waals surface area contributed by atoms with Crippen LogP contribution in [-0.4, -0.2) is 45.2 Å². The maximum Gasteiger partial charge on any atom is 0.328 e. The Morgan fingerprint density at radius 1 is 1.16 bits per heavy atom. The number of carbonyl (C=O) groups is 2. The van der Waals surface area contributed by atoms with Crippen LogP contribution < -0.4 is 0 Å². The van der Waals surface area contributed by atoms with Gasteiger partial charge in [-0.2, -0.15) is 0 Å². The van der Waals surface area contributed by atoms with Gasteiger partial charge in [-0.1, -0.05) is 6.07 Å². The van der Waals surface area contributed by atoms with Gasteiger partial charge in [-0.25, -0.2) is 9.59 Å². The summed E-state index contributed by atoms with van der Waals surface area (Å²) in [7, 11) is 0. The first-order chi connectivity index (χ1) is 12.0. The second kappa shape index (κ2) is 9.47. The summed E-state index contributed by atoms with van der Waals surface area (Å²) >= 11 is 3.49. The van der Waals surface area contributed by atoms with Crippen molar-refractivity contribution in [2.45, 2.75) is 19.1 Å². The van der Waals surface area contributed by atoms with E-state index < -0.39 is 11.9 Å². The molecule has 134 valence electrons. The predicted molar refractivity (Wildman–Crippen MR) is 97.0 cm³/mol. The quantitative estimate of drug-likeness (QED) is 0.689. The molecule has 1 atom stereocenters. The Labute approximate surface area is 153 Å². The van der Waals surface area contributed by atoms with E-state index in [1.807, 2.05) is 28.8 Å². The van der Waals surface area contributed by atoms with Crippen molar-refractivity contribution in [3.63, 3.8) is 0 Å². The molecule has 0 aliphatic carbocycles. The molecular formula is C17H19NO5S2. The van der Waals surface area contributed by atoms with E-state index in [4.69, 9.17) is 10.2 Å². The van der Waals surface area contributed by atoms with Crippen LogP contribution >= 0.6 is 22.7 Å². The van der Waals surface area contributed by atoms with Gasteiger partial charge in [0.15, 0.2) is 0 Å². The molecule has 0 radical (unpaired) electrons. The third kappa shape index (κ3) is 6.43. The number of hydrogen-bond donors (Lipinski definition) is 3. The van der Waals surface area contributed by atoms with Gasteiger partial charge in [0, 0.05) is 41.5 Å². The van der Waals surface area contributed by atoms with Crippen molar-refractivity contribution in [2.75, 3.05) is 13.1 Å². The van der Waals surface area contributed by atoms with Crippen molar-refractivity contribution in [2.24, 2.45) is 0 Å². The number of fused-ring (bicyclic) bond motifs is 1. The van der Waals surface area contributed by atoms with Gasteiger partial charge in [0.1, 0.15) is 6.10 Å². The van der Waals surface area contributed by atoms with Crippen molar-refractivity contribution in [1.29, 1.82) is 0 Å². The van der Waals surface area contributed by atoms with E-state index in [0.29, 0.717) is 12.2 Å². The third-order valence-electron chi connectivity index (χ3n) is 3.56. The number of carboxylic acid groups (broad SMARTS) is 2. The average molecular weight is 381 g/mol. The van der Waals surface area contributed by atoms with Crippen LogP contribution in [0.1, 0.15) is 21.4 Å². The summed E-state index contributed by atoms with van der Waals surface area (Å²) in [5.41, 5.74) is 1.44. The topological polar surface area (TPSA) is 98.1 Å². The van der Waals surface area contributed by atoms with Gasteiger partial charge in [0.25, 0.3) is 0 Å². The molecule has 25 heavy (non-hydrogen) atoms. The largest absolute Gasteiger partial charge is 0.478 e. The van der Waals surface area contributed by atoms with Gasteiger partial charge in [0.05, 0.1) is 0 Å². The summed E-state index contributed by atoms with van der Waals surface area (Å²) in [6, 6.07) is 6.22. The second-order valence-electron chi connectivity index (χ2n) is 5.40. The number of β-amino-alcohol motifs (C(OH)–C–C–N with tert-alkyl or cyclic N) is 1. The molecule has 0 aromatic carbocycles. The molecule has 0 bridgehead atoms. The van der Waals surface area contributed by atoms with E-state index in [1.54, 1.807) is 11.3 Å². The van der Waals surface area contributed by atoms with Crippen LogP contribution in [0.3, 0.4) is 0 Å². The van der Waals surface area contributed by atoms with Gasteiger partial charge < -0.3 is 15.3 Å². The third-order valence-corrected chi connectivity index (χ3v) is 5.55. The van der Waals surface area contributed by atoms with Crippen LogP contribution in [-0.2, 0) is 22.6 Å². The fourth-order valence-electron chi connectivity index (χ4n) is 2.42. The molecule has 1 aliphatic rings. The molecule has 3 heterocycles. The average Bonchev–Trinajstić information content (AvgIpc) is 3.24. The molecule has 2 aromatic rings. The van der Waals surface area contributed by atoms with Crippen LogP contribution in [0.5, 0.6) is 0 Å².